The first-order chi connectivity index (χ1) is 8.79. The van der Waals surface area contributed by atoms with Crippen LogP contribution in [0.25, 0.3) is 0 Å². The number of rotatable bonds is 1. The maximum Gasteiger partial charge on any atom is 0.417 e. The molecule has 0 aliphatic carbocycles. The number of alkyl halides is 3. The molecule has 7 heteroatoms. The highest BCUT2D eigenvalue weighted by Crippen LogP contribution is 2.35. The van der Waals surface area contributed by atoms with Crippen LogP contribution in [0.2, 0.25) is 0 Å². The molecule has 2 N–H and O–H groups in total. The summed E-state index contributed by atoms with van der Waals surface area (Å²) in [6.07, 6.45) is -3.72. The van der Waals surface area contributed by atoms with Crippen molar-refractivity contribution in [1.82, 2.24) is 4.90 Å². The van der Waals surface area contributed by atoms with E-state index >= 15 is 0 Å². The molecule has 3 nitrogen and oxygen atoms in total. The molecule has 19 heavy (non-hydrogen) atoms. The van der Waals surface area contributed by atoms with Crippen molar-refractivity contribution in [3.05, 3.63) is 33.8 Å². The lowest BCUT2D eigenvalue weighted by atomic mass is 10.1. The smallest absolute Gasteiger partial charge is 0.337 e. The largest absolute Gasteiger partial charge is 0.417 e. The van der Waals surface area contributed by atoms with Gasteiger partial charge < -0.3 is 10.6 Å². The summed E-state index contributed by atoms with van der Waals surface area (Å²) in [7, 11) is 0. The molecule has 0 aromatic heterocycles. The van der Waals surface area contributed by atoms with E-state index in [0.717, 1.165) is 6.07 Å². The monoisotopic (exact) mass is 336 g/mol. The Bertz CT molecular complexity index is 504. The molecule has 0 bridgehead atoms. The lowest BCUT2D eigenvalue weighted by Gasteiger charge is -2.17. The number of nitrogens with two attached hydrogens (primary N) is 1. The second-order valence-electron chi connectivity index (χ2n) is 4.49. The standard InChI is InChI=1S/C12H12BrF3N2O/c13-10-5-7(1-2-9(10)12(14,15)16)11(19)18-4-3-8(17)6-18/h1-2,5,8H,3-4,6,17H2. The number of carbonyl (C=O) groups excluding carboxylic acids is 1. The summed E-state index contributed by atoms with van der Waals surface area (Å²) in [5.74, 6) is -0.289. The fourth-order valence-corrected chi connectivity index (χ4v) is 2.64. The van der Waals surface area contributed by atoms with Crippen LogP contribution in [0.15, 0.2) is 22.7 Å². The van der Waals surface area contributed by atoms with Crippen LogP contribution < -0.4 is 5.73 Å². The average Bonchev–Trinajstić information content (AvgIpc) is 2.73. The van der Waals surface area contributed by atoms with Gasteiger partial charge in [0.2, 0.25) is 0 Å². The van der Waals surface area contributed by atoms with Crippen LogP contribution >= 0.6 is 15.9 Å². The molecule has 1 aliphatic heterocycles. The minimum atomic E-state index is -4.43. The number of hydrogen-bond donors (Lipinski definition) is 1. The van der Waals surface area contributed by atoms with Crippen LogP contribution in [-0.4, -0.2) is 29.9 Å². The summed E-state index contributed by atoms with van der Waals surface area (Å²) < 4.78 is 37.6. The third-order valence-corrected chi connectivity index (χ3v) is 3.69. The molecule has 0 saturated carbocycles. The highest BCUT2D eigenvalue weighted by Gasteiger charge is 2.33. The molecule has 1 saturated heterocycles. The zero-order chi connectivity index (χ0) is 14.2. The number of amides is 1. The first-order valence-corrected chi connectivity index (χ1v) is 6.50. The van der Waals surface area contributed by atoms with Gasteiger partial charge in [-0.05, 0) is 24.6 Å². The Morgan fingerprint density at radius 1 is 1.42 bits per heavy atom. The van der Waals surface area contributed by atoms with Gasteiger partial charge in [-0.25, -0.2) is 0 Å². The quantitative estimate of drug-likeness (QED) is 0.856. The van der Waals surface area contributed by atoms with E-state index in [9.17, 15) is 18.0 Å². The Morgan fingerprint density at radius 2 is 2.11 bits per heavy atom. The van der Waals surface area contributed by atoms with Crippen LogP contribution in [0.5, 0.6) is 0 Å². The lowest BCUT2D eigenvalue weighted by Crippen LogP contribution is -2.31. The first-order valence-electron chi connectivity index (χ1n) is 5.70. The van der Waals surface area contributed by atoms with E-state index in [2.05, 4.69) is 15.9 Å². The first kappa shape index (κ1) is 14.3. The number of carbonyl (C=O) groups is 1. The van der Waals surface area contributed by atoms with Gasteiger partial charge in [-0.15, -0.1) is 0 Å². The van der Waals surface area contributed by atoms with Crippen molar-refractivity contribution < 1.29 is 18.0 Å². The summed E-state index contributed by atoms with van der Waals surface area (Å²) >= 11 is 2.86. The molecule has 0 radical (unpaired) electrons. The normalized spacial score (nSPS) is 19.8. The highest BCUT2D eigenvalue weighted by molar-refractivity contribution is 9.10. The van der Waals surface area contributed by atoms with Crippen LogP contribution in [0.3, 0.4) is 0 Å². The summed E-state index contributed by atoms with van der Waals surface area (Å²) in [6.45, 7) is 0.982. The van der Waals surface area contributed by atoms with Crippen molar-refractivity contribution in [3.63, 3.8) is 0 Å². The molecule has 0 spiro atoms. The van der Waals surface area contributed by atoms with Gasteiger partial charge in [-0.3, -0.25) is 4.79 Å². The van der Waals surface area contributed by atoms with E-state index in [1.165, 1.54) is 12.1 Å². The second-order valence-corrected chi connectivity index (χ2v) is 5.35. The van der Waals surface area contributed by atoms with Gasteiger partial charge in [0.25, 0.3) is 5.91 Å². The van der Waals surface area contributed by atoms with E-state index in [1.807, 2.05) is 0 Å². The number of benzene rings is 1. The van der Waals surface area contributed by atoms with Crippen LogP contribution in [0.4, 0.5) is 13.2 Å². The predicted octanol–water partition coefficient (Wildman–Crippen LogP) is 2.64. The van der Waals surface area contributed by atoms with Gasteiger partial charge in [0.1, 0.15) is 0 Å². The molecule has 2 rings (SSSR count). The van der Waals surface area contributed by atoms with Gasteiger partial charge in [-0.1, -0.05) is 15.9 Å². The molecular weight excluding hydrogens is 325 g/mol. The van der Waals surface area contributed by atoms with Crippen molar-refractivity contribution in [2.24, 2.45) is 5.73 Å². The number of likely N-dealkylation sites (tertiary alicyclic amines) is 1. The molecule has 1 aliphatic rings. The predicted molar refractivity (Wildman–Crippen MR) is 67.6 cm³/mol. The highest BCUT2D eigenvalue weighted by atomic mass is 79.9. The maximum absolute atomic E-state index is 12.6. The van der Waals surface area contributed by atoms with Crippen molar-refractivity contribution >= 4 is 21.8 Å². The third-order valence-electron chi connectivity index (χ3n) is 3.03. The van der Waals surface area contributed by atoms with E-state index < -0.39 is 11.7 Å². The molecule has 1 unspecified atom stereocenters. The maximum atomic E-state index is 12.6. The van der Waals surface area contributed by atoms with Crippen molar-refractivity contribution in [3.8, 4) is 0 Å². The summed E-state index contributed by atoms with van der Waals surface area (Å²) in [4.78, 5) is 13.6. The molecule has 1 amide bonds. The molecule has 1 fully saturated rings. The van der Waals surface area contributed by atoms with E-state index in [1.54, 1.807) is 4.90 Å². The second kappa shape index (κ2) is 5.13. The minimum absolute atomic E-state index is 0.0539. The Labute approximate surface area is 116 Å². The molecular formula is C12H12BrF3N2O. The third kappa shape index (κ3) is 3.09. The van der Waals surface area contributed by atoms with Gasteiger partial charge >= 0.3 is 6.18 Å². The Hall–Kier alpha value is -1.08. The van der Waals surface area contributed by atoms with Crippen molar-refractivity contribution in [2.75, 3.05) is 13.1 Å². The number of halogens is 4. The summed E-state index contributed by atoms with van der Waals surface area (Å²) in [6, 6.07) is 3.25. The Morgan fingerprint density at radius 3 is 2.58 bits per heavy atom. The van der Waals surface area contributed by atoms with E-state index in [4.69, 9.17) is 5.73 Å². The topological polar surface area (TPSA) is 46.3 Å². The van der Waals surface area contributed by atoms with E-state index in [0.29, 0.717) is 19.5 Å². The molecule has 1 aromatic rings. The van der Waals surface area contributed by atoms with Gasteiger partial charge in [0.05, 0.1) is 5.56 Å². The molecule has 104 valence electrons. The van der Waals surface area contributed by atoms with Gasteiger partial charge in [0, 0.05) is 29.2 Å². The minimum Gasteiger partial charge on any atom is -0.337 e. The summed E-state index contributed by atoms with van der Waals surface area (Å²) in [5.41, 5.74) is 5.14. The zero-order valence-corrected chi connectivity index (χ0v) is 11.5. The average molecular weight is 337 g/mol. The Kier molecular flexibility index (Phi) is 3.87. The Balaban J connectivity index is 2.23. The van der Waals surface area contributed by atoms with Crippen LogP contribution in [0, 0.1) is 0 Å². The van der Waals surface area contributed by atoms with Gasteiger partial charge in [-0.2, -0.15) is 13.2 Å². The lowest BCUT2D eigenvalue weighted by molar-refractivity contribution is -0.138. The molecule has 1 aromatic carbocycles. The molecule has 1 atom stereocenters. The van der Waals surface area contributed by atoms with Crippen molar-refractivity contribution in [2.45, 2.75) is 18.6 Å². The molecule has 1 heterocycles. The van der Waals surface area contributed by atoms with Crippen LogP contribution in [-0.2, 0) is 6.18 Å². The number of hydrogen-bond acceptors (Lipinski definition) is 2. The number of nitrogens with zero attached hydrogens (tertiary/aromatic N) is 1. The zero-order valence-electron chi connectivity index (χ0n) is 9.88. The van der Waals surface area contributed by atoms with Gasteiger partial charge in [0.15, 0.2) is 0 Å². The van der Waals surface area contributed by atoms with E-state index in [-0.39, 0.29) is 22.0 Å². The fourth-order valence-electron chi connectivity index (χ4n) is 2.03. The SMILES string of the molecule is NC1CCN(C(=O)c2ccc(C(F)(F)F)c(Br)c2)C1. The van der Waals surface area contributed by atoms with Crippen LogP contribution in [0.1, 0.15) is 22.3 Å². The fraction of sp³-hybridized carbons (Fsp3) is 0.417. The summed E-state index contributed by atoms with van der Waals surface area (Å²) in [5, 5.41) is 0. The van der Waals surface area contributed by atoms with Crippen molar-refractivity contribution in [1.29, 1.82) is 0 Å².